The van der Waals surface area contributed by atoms with Crippen LogP contribution < -0.4 is 9.62 Å². The molecule has 0 radical (unpaired) electrons. The molecule has 3 aromatic carbocycles. The third-order valence-electron chi connectivity index (χ3n) is 8.57. The molecule has 10 nitrogen and oxygen atoms in total. The summed E-state index contributed by atoms with van der Waals surface area (Å²) in [5.74, 6) is -4.93. The zero-order valence-corrected chi connectivity index (χ0v) is 27.0. The maximum Gasteiger partial charge on any atom is 0.317 e. The summed E-state index contributed by atoms with van der Waals surface area (Å²) in [5, 5.41) is 28.9. The number of hydrogen-bond acceptors (Lipinski definition) is 6. The van der Waals surface area contributed by atoms with E-state index in [1.54, 1.807) is 4.90 Å². The number of rotatable bonds is 18. The number of β-lactam (4-membered cyclic amide) rings is 1. The van der Waals surface area contributed by atoms with Gasteiger partial charge >= 0.3 is 11.9 Å². The third kappa shape index (κ3) is 9.93. The molecular weight excluding hydrogens is 627 g/mol. The lowest BCUT2D eigenvalue weighted by atomic mass is 9.78. The standard InChI is InChI=1S/C35H41FN2O8S/c1-47(45,46)37-22-4-6-24-10-18-28(19-11-24)38-32(29(33(38)40)20-21-31(39)25-14-16-27(36)17-15-25)26-12-8-23(9-13-26)5-2-3-7-30(34(41)42)35(43)44/h8-19,29-32,37,39H,2-7,20-22H2,1H3,(H,41,42)(H,43,44)/t29?,31-,32+/m0/s1. The molecular formula is C35H41FN2O8S. The Hall–Kier alpha value is -4.13. The highest BCUT2D eigenvalue weighted by atomic mass is 32.2. The third-order valence-corrected chi connectivity index (χ3v) is 9.29. The number of hydrogen-bond donors (Lipinski definition) is 4. The maximum absolute atomic E-state index is 13.6. The van der Waals surface area contributed by atoms with E-state index in [4.69, 9.17) is 10.2 Å². The fourth-order valence-electron chi connectivity index (χ4n) is 5.97. The highest BCUT2D eigenvalue weighted by molar-refractivity contribution is 7.88. The topological polar surface area (TPSA) is 161 Å². The van der Waals surface area contributed by atoms with E-state index in [9.17, 15) is 32.3 Å². The Balaban J connectivity index is 1.44. The van der Waals surface area contributed by atoms with Crippen LogP contribution in [0.15, 0.2) is 72.8 Å². The monoisotopic (exact) mass is 668 g/mol. The number of aryl methyl sites for hydroxylation is 2. The number of sulfonamides is 1. The van der Waals surface area contributed by atoms with Crippen molar-refractivity contribution in [1.29, 1.82) is 0 Å². The quantitative estimate of drug-likeness (QED) is 0.0835. The van der Waals surface area contributed by atoms with Crippen LogP contribution in [0.4, 0.5) is 10.1 Å². The van der Waals surface area contributed by atoms with Gasteiger partial charge in [0.2, 0.25) is 15.9 Å². The predicted molar refractivity (Wildman–Crippen MR) is 175 cm³/mol. The molecule has 0 aliphatic carbocycles. The van der Waals surface area contributed by atoms with Gasteiger partial charge in [-0.3, -0.25) is 14.4 Å². The number of carbonyl (C=O) groups excluding carboxylic acids is 1. The van der Waals surface area contributed by atoms with Crippen LogP contribution in [0.25, 0.3) is 0 Å². The molecule has 1 amide bonds. The fourth-order valence-corrected chi connectivity index (χ4v) is 6.49. The van der Waals surface area contributed by atoms with Crippen molar-refractivity contribution in [3.05, 3.63) is 101 Å². The fraction of sp³-hybridized carbons (Fsp3) is 0.400. The summed E-state index contributed by atoms with van der Waals surface area (Å²) in [6.45, 7) is 0.333. The lowest BCUT2D eigenvalue weighted by Crippen LogP contribution is -2.55. The molecule has 1 fully saturated rings. The minimum absolute atomic E-state index is 0.0592. The number of carboxylic acid groups (broad SMARTS) is 2. The van der Waals surface area contributed by atoms with Crippen LogP contribution in [0, 0.1) is 17.7 Å². The predicted octanol–water partition coefficient (Wildman–Crippen LogP) is 5.02. The highest BCUT2D eigenvalue weighted by Gasteiger charge is 2.48. The van der Waals surface area contributed by atoms with Gasteiger partial charge in [0, 0.05) is 12.2 Å². The minimum atomic E-state index is -3.25. The van der Waals surface area contributed by atoms with Gasteiger partial charge in [0.1, 0.15) is 5.82 Å². The van der Waals surface area contributed by atoms with Crippen molar-refractivity contribution in [3.8, 4) is 0 Å². The SMILES string of the molecule is CS(=O)(=O)NCCCc1ccc(N2C(=O)C(CC[C@H](O)c3ccc(F)cc3)[C@H]2c2ccc(CCCCC(C(=O)O)C(=O)O)cc2)cc1. The molecule has 1 aliphatic rings. The number of aliphatic hydroxyl groups is 1. The van der Waals surface area contributed by atoms with Gasteiger partial charge in [-0.2, -0.15) is 0 Å². The summed E-state index contributed by atoms with van der Waals surface area (Å²) in [7, 11) is -3.25. The largest absolute Gasteiger partial charge is 0.481 e. The van der Waals surface area contributed by atoms with Crippen molar-refractivity contribution in [2.45, 2.75) is 63.5 Å². The molecule has 0 saturated carbocycles. The molecule has 1 aliphatic heterocycles. The molecule has 47 heavy (non-hydrogen) atoms. The molecule has 4 rings (SSSR count). The Labute approximate surface area is 274 Å². The lowest BCUT2D eigenvalue weighted by Gasteiger charge is -2.48. The molecule has 4 N–H and O–H groups in total. The first kappa shape index (κ1) is 35.7. The first-order valence-corrected chi connectivity index (χ1v) is 17.6. The van der Waals surface area contributed by atoms with Gasteiger partial charge in [0.25, 0.3) is 0 Å². The number of unbranched alkanes of at least 4 members (excludes halogenated alkanes) is 1. The Morgan fingerprint density at radius 2 is 1.43 bits per heavy atom. The normalized spacial score (nSPS) is 17.0. The molecule has 0 aromatic heterocycles. The number of aliphatic hydroxyl groups excluding tert-OH is 1. The summed E-state index contributed by atoms with van der Waals surface area (Å²) in [4.78, 5) is 37.6. The summed E-state index contributed by atoms with van der Waals surface area (Å²) in [6, 6.07) is 20.8. The molecule has 252 valence electrons. The van der Waals surface area contributed by atoms with Crippen molar-refractivity contribution in [3.63, 3.8) is 0 Å². The van der Waals surface area contributed by atoms with Crippen LogP contribution in [-0.2, 0) is 37.2 Å². The zero-order valence-electron chi connectivity index (χ0n) is 26.2. The second kappa shape index (κ2) is 16.1. The van der Waals surface area contributed by atoms with Crippen molar-refractivity contribution in [1.82, 2.24) is 4.72 Å². The van der Waals surface area contributed by atoms with Gasteiger partial charge in [-0.1, -0.05) is 55.0 Å². The van der Waals surface area contributed by atoms with E-state index in [2.05, 4.69) is 4.72 Å². The molecule has 12 heteroatoms. The number of amides is 1. The minimum Gasteiger partial charge on any atom is -0.481 e. The number of benzene rings is 3. The molecule has 3 aromatic rings. The average Bonchev–Trinajstić information content (AvgIpc) is 3.02. The number of nitrogens with zero attached hydrogens (tertiary/aromatic N) is 1. The average molecular weight is 669 g/mol. The summed E-state index contributed by atoms with van der Waals surface area (Å²) >= 11 is 0. The van der Waals surface area contributed by atoms with E-state index in [0.29, 0.717) is 57.1 Å². The molecule has 0 bridgehead atoms. The van der Waals surface area contributed by atoms with E-state index < -0.39 is 39.8 Å². The van der Waals surface area contributed by atoms with Crippen LogP contribution in [0.3, 0.4) is 0 Å². The van der Waals surface area contributed by atoms with Crippen molar-refractivity contribution in [2.24, 2.45) is 11.8 Å². The van der Waals surface area contributed by atoms with E-state index in [1.807, 2.05) is 48.5 Å². The van der Waals surface area contributed by atoms with Crippen LogP contribution in [0.2, 0.25) is 0 Å². The van der Waals surface area contributed by atoms with Gasteiger partial charge in [-0.15, -0.1) is 0 Å². The van der Waals surface area contributed by atoms with Gasteiger partial charge in [0.05, 0.1) is 24.3 Å². The summed E-state index contributed by atoms with van der Waals surface area (Å²) < 4.78 is 38.5. The highest BCUT2D eigenvalue weighted by Crippen LogP contribution is 2.46. The lowest BCUT2D eigenvalue weighted by molar-refractivity contribution is -0.154. The number of carbonyl (C=O) groups is 3. The van der Waals surface area contributed by atoms with E-state index >= 15 is 0 Å². The number of anilines is 1. The van der Waals surface area contributed by atoms with Gasteiger partial charge in [0.15, 0.2) is 5.92 Å². The van der Waals surface area contributed by atoms with Gasteiger partial charge < -0.3 is 20.2 Å². The van der Waals surface area contributed by atoms with Crippen LogP contribution in [0.1, 0.15) is 72.9 Å². The summed E-state index contributed by atoms with van der Waals surface area (Å²) in [5.41, 5.74) is 4.24. The molecule has 3 atom stereocenters. The van der Waals surface area contributed by atoms with Gasteiger partial charge in [-0.25, -0.2) is 17.5 Å². The molecule has 0 spiro atoms. The van der Waals surface area contributed by atoms with Gasteiger partial charge in [-0.05, 0) is 91.5 Å². The second-order valence-electron chi connectivity index (χ2n) is 12.1. The Kier molecular flexibility index (Phi) is 12.3. The van der Waals surface area contributed by atoms with E-state index in [0.717, 1.165) is 28.6 Å². The Morgan fingerprint density at radius 1 is 0.851 bits per heavy atom. The van der Waals surface area contributed by atoms with Crippen LogP contribution >= 0.6 is 0 Å². The first-order valence-electron chi connectivity index (χ1n) is 15.7. The van der Waals surface area contributed by atoms with Crippen molar-refractivity contribution < 1.29 is 42.5 Å². The van der Waals surface area contributed by atoms with E-state index in [-0.39, 0.29) is 24.3 Å². The molecule has 1 unspecified atom stereocenters. The maximum atomic E-state index is 13.6. The van der Waals surface area contributed by atoms with Crippen LogP contribution in [-0.4, -0.2) is 54.4 Å². The second-order valence-corrected chi connectivity index (χ2v) is 13.9. The smallest absolute Gasteiger partial charge is 0.317 e. The van der Waals surface area contributed by atoms with Crippen LogP contribution in [0.5, 0.6) is 0 Å². The van der Waals surface area contributed by atoms with Crippen molar-refractivity contribution >= 4 is 33.6 Å². The molecule has 1 saturated heterocycles. The zero-order chi connectivity index (χ0) is 34.1. The molecule has 1 heterocycles. The summed E-state index contributed by atoms with van der Waals surface area (Å²) in [6.07, 6.45) is 4.09. The van der Waals surface area contributed by atoms with Crippen molar-refractivity contribution in [2.75, 3.05) is 17.7 Å². The Bertz CT molecular complexity index is 1620. The Morgan fingerprint density at radius 3 is 2.00 bits per heavy atom. The number of carboxylic acids is 2. The first-order chi connectivity index (χ1) is 22.3. The number of nitrogens with one attached hydrogen (secondary N) is 1. The number of aliphatic carboxylic acids is 2. The number of halogens is 1. The van der Waals surface area contributed by atoms with E-state index in [1.165, 1.54) is 24.3 Å².